The van der Waals surface area contributed by atoms with E-state index in [1.54, 1.807) is 0 Å². The SMILES string of the molecule is C[C@@H]1CCCN1C(=O)CCC(=O)N1CCCCC1. The van der Waals surface area contributed by atoms with E-state index in [0.717, 1.165) is 45.3 Å². The highest BCUT2D eigenvalue weighted by Crippen LogP contribution is 2.18. The van der Waals surface area contributed by atoms with E-state index in [4.69, 9.17) is 0 Å². The first-order chi connectivity index (χ1) is 8.68. The predicted octanol–water partition coefficient (Wildman–Crippen LogP) is 1.79. The van der Waals surface area contributed by atoms with Crippen LogP contribution in [-0.2, 0) is 9.59 Å². The number of carbonyl (C=O) groups excluding carboxylic acids is 2. The predicted molar refractivity (Wildman–Crippen MR) is 70.1 cm³/mol. The number of amides is 2. The molecule has 0 unspecified atom stereocenters. The largest absolute Gasteiger partial charge is 0.343 e. The zero-order valence-electron chi connectivity index (χ0n) is 11.4. The standard InChI is InChI=1S/C14H24N2O2/c1-12-6-5-11-16(12)14(18)8-7-13(17)15-9-3-2-4-10-15/h12H,2-11H2,1H3/t12-/m1/s1. The van der Waals surface area contributed by atoms with Crippen molar-refractivity contribution in [1.82, 2.24) is 9.80 Å². The Morgan fingerprint density at radius 1 is 0.944 bits per heavy atom. The van der Waals surface area contributed by atoms with Gasteiger partial charge in [0.15, 0.2) is 0 Å². The van der Waals surface area contributed by atoms with E-state index in [1.807, 2.05) is 9.80 Å². The van der Waals surface area contributed by atoms with Gasteiger partial charge in [-0.15, -0.1) is 0 Å². The van der Waals surface area contributed by atoms with Crippen molar-refractivity contribution >= 4 is 11.8 Å². The average Bonchev–Trinajstić information content (AvgIpc) is 2.83. The summed E-state index contributed by atoms with van der Waals surface area (Å²) in [5.74, 6) is 0.320. The van der Waals surface area contributed by atoms with Crippen molar-refractivity contribution in [1.29, 1.82) is 0 Å². The fraction of sp³-hybridized carbons (Fsp3) is 0.857. The van der Waals surface area contributed by atoms with Crippen LogP contribution in [0.3, 0.4) is 0 Å². The van der Waals surface area contributed by atoms with Crippen LogP contribution in [0.15, 0.2) is 0 Å². The first-order valence-corrected chi connectivity index (χ1v) is 7.26. The molecule has 2 amide bonds. The van der Waals surface area contributed by atoms with Crippen molar-refractivity contribution in [2.75, 3.05) is 19.6 Å². The number of carbonyl (C=O) groups is 2. The lowest BCUT2D eigenvalue weighted by atomic mass is 10.1. The van der Waals surface area contributed by atoms with Gasteiger partial charge in [0.05, 0.1) is 0 Å². The van der Waals surface area contributed by atoms with E-state index < -0.39 is 0 Å². The summed E-state index contributed by atoms with van der Waals surface area (Å²) in [7, 11) is 0. The molecule has 1 atom stereocenters. The summed E-state index contributed by atoms with van der Waals surface area (Å²) < 4.78 is 0. The molecule has 102 valence electrons. The third-order valence-electron chi connectivity index (χ3n) is 4.13. The molecule has 18 heavy (non-hydrogen) atoms. The Hall–Kier alpha value is -1.06. The van der Waals surface area contributed by atoms with E-state index in [9.17, 15) is 9.59 Å². The van der Waals surface area contributed by atoms with Crippen molar-refractivity contribution in [3.05, 3.63) is 0 Å². The monoisotopic (exact) mass is 252 g/mol. The topological polar surface area (TPSA) is 40.6 Å². The lowest BCUT2D eigenvalue weighted by molar-refractivity contribution is -0.137. The first-order valence-electron chi connectivity index (χ1n) is 7.26. The maximum Gasteiger partial charge on any atom is 0.223 e. The summed E-state index contributed by atoms with van der Waals surface area (Å²) in [5.41, 5.74) is 0. The fourth-order valence-corrected chi connectivity index (χ4v) is 2.96. The molecule has 0 aliphatic carbocycles. The minimum Gasteiger partial charge on any atom is -0.343 e. The van der Waals surface area contributed by atoms with Crippen molar-refractivity contribution in [2.45, 2.75) is 57.9 Å². The molecule has 0 bridgehead atoms. The fourth-order valence-electron chi connectivity index (χ4n) is 2.96. The zero-order chi connectivity index (χ0) is 13.0. The number of hydrogen-bond acceptors (Lipinski definition) is 2. The molecule has 0 aromatic rings. The van der Waals surface area contributed by atoms with Gasteiger partial charge < -0.3 is 9.80 Å². The molecule has 0 aromatic carbocycles. The molecule has 2 aliphatic rings. The van der Waals surface area contributed by atoms with Crippen LogP contribution in [0.2, 0.25) is 0 Å². The molecule has 4 nitrogen and oxygen atoms in total. The summed E-state index contributed by atoms with van der Waals surface area (Å²) in [5, 5.41) is 0. The minimum atomic E-state index is 0.158. The lowest BCUT2D eigenvalue weighted by Gasteiger charge is -2.27. The van der Waals surface area contributed by atoms with Gasteiger partial charge in [-0.05, 0) is 39.0 Å². The lowest BCUT2D eigenvalue weighted by Crippen LogP contribution is -2.37. The third kappa shape index (κ3) is 3.24. The normalized spacial score (nSPS) is 24.4. The minimum absolute atomic E-state index is 0.158. The highest BCUT2D eigenvalue weighted by molar-refractivity contribution is 5.84. The Morgan fingerprint density at radius 3 is 2.22 bits per heavy atom. The van der Waals surface area contributed by atoms with E-state index >= 15 is 0 Å². The van der Waals surface area contributed by atoms with Gasteiger partial charge >= 0.3 is 0 Å². The molecule has 4 heteroatoms. The van der Waals surface area contributed by atoms with Crippen LogP contribution in [0.1, 0.15) is 51.9 Å². The summed E-state index contributed by atoms with van der Waals surface area (Å²) in [6.45, 7) is 4.73. The Kier molecular flexibility index (Phi) is 4.61. The molecule has 0 aromatic heterocycles. The quantitative estimate of drug-likeness (QED) is 0.768. The van der Waals surface area contributed by atoms with Crippen LogP contribution in [0.4, 0.5) is 0 Å². The van der Waals surface area contributed by atoms with Crippen LogP contribution in [0.5, 0.6) is 0 Å². The number of likely N-dealkylation sites (tertiary alicyclic amines) is 2. The molecular formula is C14H24N2O2. The van der Waals surface area contributed by atoms with E-state index in [-0.39, 0.29) is 11.8 Å². The smallest absolute Gasteiger partial charge is 0.223 e. The second-order valence-corrected chi connectivity index (χ2v) is 5.52. The van der Waals surface area contributed by atoms with Crippen molar-refractivity contribution in [3.8, 4) is 0 Å². The van der Waals surface area contributed by atoms with Crippen LogP contribution in [0.25, 0.3) is 0 Å². The molecule has 2 heterocycles. The summed E-state index contributed by atoms with van der Waals surface area (Å²) in [6.07, 6.45) is 6.44. The molecular weight excluding hydrogens is 228 g/mol. The Bertz CT molecular complexity index is 311. The molecule has 0 radical (unpaired) electrons. The van der Waals surface area contributed by atoms with Gasteiger partial charge in [0, 0.05) is 38.5 Å². The highest BCUT2D eigenvalue weighted by atomic mass is 16.2. The molecule has 0 spiro atoms. The average molecular weight is 252 g/mol. The van der Waals surface area contributed by atoms with Gasteiger partial charge in [0.25, 0.3) is 0 Å². The van der Waals surface area contributed by atoms with Crippen molar-refractivity contribution in [3.63, 3.8) is 0 Å². The van der Waals surface area contributed by atoms with Gasteiger partial charge in [0.2, 0.25) is 11.8 Å². The summed E-state index contributed by atoms with van der Waals surface area (Å²) >= 11 is 0. The molecule has 0 N–H and O–H groups in total. The molecule has 2 rings (SSSR count). The second-order valence-electron chi connectivity index (χ2n) is 5.52. The van der Waals surface area contributed by atoms with Crippen molar-refractivity contribution in [2.24, 2.45) is 0 Å². The van der Waals surface area contributed by atoms with E-state index in [0.29, 0.717) is 18.9 Å². The Morgan fingerprint density at radius 2 is 1.61 bits per heavy atom. The van der Waals surface area contributed by atoms with Gasteiger partial charge in [-0.1, -0.05) is 0 Å². The third-order valence-corrected chi connectivity index (χ3v) is 4.13. The zero-order valence-corrected chi connectivity index (χ0v) is 11.4. The number of hydrogen-bond donors (Lipinski definition) is 0. The van der Waals surface area contributed by atoms with Gasteiger partial charge in [-0.25, -0.2) is 0 Å². The highest BCUT2D eigenvalue weighted by Gasteiger charge is 2.25. The molecule has 2 aliphatic heterocycles. The van der Waals surface area contributed by atoms with E-state index in [1.165, 1.54) is 6.42 Å². The van der Waals surface area contributed by atoms with Crippen LogP contribution in [0, 0.1) is 0 Å². The number of nitrogens with zero attached hydrogens (tertiary/aromatic N) is 2. The van der Waals surface area contributed by atoms with E-state index in [2.05, 4.69) is 6.92 Å². The van der Waals surface area contributed by atoms with Crippen LogP contribution >= 0.6 is 0 Å². The first kappa shape index (κ1) is 13.4. The van der Waals surface area contributed by atoms with Crippen LogP contribution in [-0.4, -0.2) is 47.3 Å². The van der Waals surface area contributed by atoms with Gasteiger partial charge in [-0.2, -0.15) is 0 Å². The summed E-state index contributed by atoms with van der Waals surface area (Å²) in [6, 6.07) is 0.364. The Balaban J connectivity index is 1.73. The molecule has 2 fully saturated rings. The van der Waals surface area contributed by atoms with Crippen LogP contribution < -0.4 is 0 Å². The van der Waals surface area contributed by atoms with Gasteiger partial charge in [0.1, 0.15) is 0 Å². The molecule has 0 saturated carbocycles. The maximum atomic E-state index is 12.0. The van der Waals surface area contributed by atoms with Gasteiger partial charge in [-0.3, -0.25) is 9.59 Å². The van der Waals surface area contributed by atoms with Crippen molar-refractivity contribution < 1.29 is 9.59 Å². The second kappa shape index (κ2) is 6.21. The Labute approximate surface area is 109 Å². The number of piperidine rings is 1. The summed E-state index contributed by atoms with van der Waals surface area (Å²) in [4.78, 5) is 27.8. The number of rotatable bonds is 3. The maximum absolute atomic E-state index is 12.0. The molecule has 2 saturated heterocycles.